The molecule has 1 aliphatic rings. The summed E-state index contributed by atoms with van der Waals surface area (Å²) in [6, 6.07) is 0. The van der Waals surface area contributed by atoms with Crippen LogP contribution < -0.4 is 5.73 Å². The van der Waals surface area contributed by atoms with Crippen molar-refractivity contribution in [3.63, 3.8) is 0 Å². The maximum absolute atomic E-state index is 11.4. The zero-order valence-corrected chi connectivity index (χ0v) is 18.8. The average molecular weight is 421 g/mol. The molecule has 0 aromatic rings. The van der Waals surface area contributed by atoms with Crippen LogP contribution in [0.3, 0.4) is 0 Å². The monoisotopic (exact) mass is 420 g/mol. The third-order valence-electron chi connectivity index (χ3n) is 3.88. The van der Waals surface area contributed by atoms with Crippen molar-refractivity contribution in [2.24, 2.45) is 16.0 Å². The molecule has 1 saturated heterocycles. The third kappa shape index (κ3) is 16.1. The molecular weight excluding hydrogens is 380 g/mol. The molecule has 8 nitrogen and oxygen atoms in total. The number of unbranched alkanes of at least 4 members (excludes halogenated alkanes) is 1. The zero-order chi connectivity index (χ0) is 21.1. The van der Waals surface area contributed by atoms with E-state index in [1.807, 2.05) is 0 Å². The van der Waals surface area contributed by atoms with Crippen LogP contribution in [0.25, 0.3) is 0 Å². The quantitative estimate of drug-likeness (QED) is 0.362. The van der Waals surface area contributed by atoms with Crippen molar-refractivity contribution < 1.29 is 17.9 Å². The molecule has 166 valence electrons. The molecule has 0 bridgehead atoms. The van der Waals surface area contributed by atoms with E-state index in [1.54, 1.807) is 7.05 Å². The van der Waals surface area contributed by atoms with Crippen LogP contribution in [0.2, 0.25) is 0 Å². The highest BCUT2D eigenvalue weighted by atomic mass is 32.2. The maximum Gasteiger partial charge on any atom is 0.152 e. The van der Waals surface area contributed by atoms with Crippen molar-refractivity contribution in [3.8, 4) is 0 Å². The molecule has 1 aliphatic heterocycles. The predicted octanol–water partition coefficient (Wildman–Crippen LogP) is 2.26. The highest BCUT2D eigenvalue weighted by Crippen LogP contribution is 2.09. The smallest absolute Gasteiger partial charge is 0.152 e. The van der Waals surface area contributed by atoms with Gasteiger partial charge in [-0.15, -0.1) is 0 Å². The first-order chi connectivity index (χ1) is 13.5. The summed E-state index contributed by atoms with van der Waals surface area (Å²) < 4.78 is 33.3. The molecule has 1 heterocycles. The summed E-state index contributed by atoms with van der Waals surface area (Å²) in [5.74, 6) is 0.489. The summed E-state index contributed by atoms with van der Waals surface area (Å²) in [6.07, 6.45) is 6.08. The van der Waals surface area contributed by atoms with Crippen molar-refractivity contribution in [1.29, 1.82) is 0 Å². The Morgan fingerprint density at radius 2 is 1.68 bits per heavy atom. The van der Waals surface area contributed by atoms with Crippen LogP contribution in [0.15, 0.2) is 22.0 Å². The number of rotatable bonds is 13. The molecule has 0 atom stereocenters. The lowest BCUT2D eigenvalue weighted by Gasteiger charge is -2.26. The Kier molecular flexibility index (Phi) is 17.6. The molecule has 0 amide bonds. The lowest BCUT2D eigenvalue weighted by Crippen LogP contribution is -2.40. The normalized spacial score (nSPS) is 17.5. The van der Waals surface area contributed by atoms with Gasteiger partial charge in [0.05, 0.1) is 23.8 Å². The van der Waals surface area contributed by atoms with Gasteiger partial charge in [-0.2, -0.15) is 10.2 Å². The van der Waals surface area contributed by atoms with Gasteiger partial charge in [-0.25, -0.2) is 8.42 Å². The molecule has 0 radical (unpaired) electrons. The molecule has 1 fully saturated rings. The number of hydrogen-bond donors (Lipinski definition) is 1. The number of hydrogen-bond acceptors (Lipinski definition) is 8. The summed E-state index contributed by atoms with van der Waals surface area (Å²) in [5, 5.41) is 7.98. The lowest BCUT2D eigenvalue weighted by atomic mass is 10.2. The van der Waals surface area contributed by atoms with Crippen molar-refractivity contribution in [2.45, 2.75) is 39.5 Å². The second-order valence-corrected chi connectivity index (χ2v) is 8.88. The Morgan fingerprint density at radius 1 is 1.07 bits per heavy atom. The number of allylic oxidation sites excluding steroid dienone is 1. The van der Waals surface area contributed by atoms with Crippen molar-refractivity contribution in [2.75, 3.05) is 71.2 Å². The number of azo groups is 1. The fourth-order valence-corrected chi connectivity index (χ4v) is 3.71. The van der Waals surface area contributed by atoms with Gasteiger partial charge in [0.2, 0.25) is 0 Å². The fraction of sp³-hybridized carbons (Fsp3) is 0.895. The Balaban J connectivity index is 0.000000887. The van der Waals surface area contributed by atoms with Gasteiger partial charge < -0.3 is 15.2 Å². The Labute approximate surface area is 171 Å². The molecule has 0 aromatic carbocycles. The molecular formula is C19H40N4O4S. The summed E-state index contributed by atoms with van der Waals surface area (Å²) in [5.41, 5.74) is 6.05. The molecule has 28 heavy (non-hydrogen) atoms. The van der Waals surface area contributed by atoms with E-state index in [1.165, 1.54) is 0 Å². The highest BCUT2D eigenvalue weighted by molar-refractivity contribution is 7.91. The number of nitrogens with zero attached hydrogens (tertiary/aromatic N) is 3. The van der Waals surface area contributed by atoms with Crippen molar-refractivity contribution >= 4 is 9.84 Å². The van der Waals surface area contributed by atoms with Crippen LogP contribution >= 0.6 is 0 Å². The molecule has 9 heteroatoms. The van der Waals surface area contributed by atoms with Gasteiger partial charge in [0.25, 0.3) is 0 Å². The minimum Gasteiger partial charge on any atom is -0.381 e. The first kappa shape index (κ1) is 27.1. The fourth-order valence-electron chi connectivity index (χ4n) is 2.43. The number of sulfone groups is 1. The lowest BCUT2D eigenvalue weighted by molar-refractivity contribution is 0.133. The largest absolute Gasteiger partial charge is 0.381 e. The minimum absolute atomic E-state index is 0.244. The number of nitrogens with two attached hydrogens (primary N) is 1. The van der Waals surface area contributed by atoms with Crippen molar-refractivity contribution in [3.05, 3.63) is 11.8 Å². The Bertz CT molecular complexity index is 506. The highest BCUT2D eigenvalue weighted by Gasteiger charge is 2.21. The molecule has 0 spiro atoms. The maximum atomic E-state index is 11.4. The minimum atomic E-state index is -2.83. The van der Waals surface area contributed by atoms with E-state index in [2.05, 4.69) is 35.1 Å². The van der Waals surface area contributed by atoms with E-state index in [4.69, 9.17) is 15.2 Å². The Morgan fingerprint density at radius 3 is 2.21 bits per heavy atom. The van der Waals surface area contributed by atoms with Gasteiger partial charge in [0, 0.05) is 53.0 Å². The topological polar surface area (TPSA) is 107 Å². The van der Waals surface area contributed by atoms with Crippen LogP contribution in [0, 0.1) is 0 Å². The first-order valence-electron chi connectivity index (χ1n) is 10.3. The van der Waals surface area contributed by atoms with Crippen LogP contribution in [-0.4, -0.2) is 84.5 Å². The summed E-state index contributed by atoms with van der Waals surface area (Å²) in [4.78, 5) is 2.12. The summed E-state index contributed by atoms with van der Waals surface area (Å²) in [7, 11) is -1.17. The van der Waals surface area contributed by atoms with E-state index in [9.17, 15) is 8.42 Å². The standard InChI is InChI=1S/C14H27N3O3S.C5H13NO/c1-3-9-20-10-5-4-6-14(16-15-2)13-17-7-11-21(18,19)12-8-17;1-2-4-7-5-3-6/h6H,3-5,7-13H2,1-2H3;2-6H2,1H3/b14-6-,16-15?;. The van der Waals surface area contributed by atoms with Crippen molar-refractivity contribution in [1.82, 2.24) is 4.90 Å². The van der Waals surface area contributed by atoms with Gasteiger partial charge in [0.1, 0.15) is 0 Å². The van der Waals surface area contributed by atoms with Gasteiger partial charge in [-0.1, -0.05) is 19.9 Å². The van der Waals surface area contributed by atoms with Gasteiger partial charge in [0.15, 0.2) is 9.84 Å². The second kappa shape index (κ2) is 18.2. The molecule has 2 N–H and O–H groups in total. The molecule has 0 saturated carbocycles. The Hall–Kier alpha value is -0.870. The van der Waals surface area contributed by atoms with Gasteiger partial charge in [-0.3, -0.25) is 4.90 Å². The summed E-state index contributed by atoms with van der Waals surface area (Å²) in [6.45, 7) is 9.77. The van der Waals surface area contributed by atoms with E-state index in [0.717, 1.165) is 51.2 Å². The van der Waals surface area contributed by atoms with Crippen LogP contribution in [-0.2, 0) is 19.3 Å². The molecule has 1 rings (SSSR count). The van der Waals surface area contributed by atoms with Crippen LogP contribution in [0.1, 0.15) is 39.5 Å². The van der Waals surface area contributed by atoms with Crippen LogP contribution in [0.4, 0.5) is 0 Å². The summed E-state index contributed by atoms with van der Waals surface area (Å²) >= 11 is 0. The van der Waals surface area contributed by atoms with E-state index >= 15 is 0 Å². The predicted molar refractivity (Wildman–Crippen MR) is 114 cm³/mol. The molecule has 0 aliphatic carbocycles. The van der Waals surface area contributed by atoms with E-state index in [-0.39, 0.29) is 11.5 Å². The second-order valence-electron chi connectivity index (χ2n) is 6.58. The van der Waals surface area contributed by atoms with E-state index in [0.29, 0.717) is 32.8 Å². The van der Waals surface area contributed by atoms with E-state index < -0.39 is 9.84 Å². The SMILES string of the molecule is CCCOCCC/C=C(/CN1CCS(=O)(=O)CC1)N=NC.CCCOCCN. The average Bonchev–Trinajstić information content (AvgIpc) is 2.67. The number of ether oxygens (including phenoxy) is 2. The zero-order valence-electron chi connectivity index (χ0n) is 17.9. The molecule has 0 aromatic heterocycles. The van der Waals surface area contributed by atoms with Gasteiger partial charge in [-0.05, 0) is 25.7 Å². The third-order valence-corrected chi connectivity index (χ3v) is 5.49. The molecule has 0 unspecified atom stereocenters. The van der Waals surface area contributed by atoms with Crippen LogP contribution in [0.5, 0.6) is 0 Å². The van der Waals surface area contributed by atoms with Gasteiger partial charge >= 0.3 is 0 Å². The first-order valence-corrected chi connectivity index (χ1v) is 12.1.